The van der Waals surface area contributed by atoms with Crippen LogP contribution in [0, 0.1) is 11.3 Å². The van der Waals surface area contributed by atoms with Gasteiger partial charge in [-0.05, 0) is 17.9 Å². The van der Waals surface area contributed by atoms with Gasteiger partial charge in [-0.3, -0.25) is 5.32 Å². The molecule has 1 heterocycles. The Morgan fingerprint density at radius 3 is 3.07 bits per heavy atom. The lowest BCUT2D eigenvalue weighted by atomic mass is 10.1. The van der Waals surface area contributed by atoms with E-state index in [0.717, 1.165) is 25.8 Å². The molecule has 0 aliphatic carbocycles. The molecule has 1 aromatic heterocycles. The number of nitrogens with one attached hydrogen (secondary N) is 1. The highest BCUT2D eigenvalue weighted by Gasteiger charge is 2.05. The van der Waals surface area contributed by atoms with Crippen LogP contribution >= 0.6 is 11.3 Å². The standard InChI is InChI=1S/C11H16N2S/c1-2-3-5-10(8-12)13-9-11-6-4-7-14-11/h4,6-7,10,13H,2-3,5,9H2,1H3. The maximum Gasteiger partial charge on any atom is 0.0955 e. The zero-order valence-corrected chi connectivity index (χ0v) is 9.31. The number of rotatable bonds is 6. The largest absolute Gasteiger partial charge is 0.297 e. The highest BCUT2D eigenvalue weighted by molar-refractivity contribution is 7.09. The number of hydrogen-bond acceptors (Lipinski definition) is 3. The molecule has 0 saturated heterocycles. The molecule has 0 aromatic carbocycles. The Morgan fingerprint density at radius 2 is 2.50 bits per heavy atom. The van der Waals surface area contributed by atoms with Crippen molar-refractivity contribution in [3.63, 3.8) is 0 Å². The zero-order chi connectivity index (χ0) is 10.2. The molecule has 0 amide bonds. The van der Waals surface area contributed by atoms with Gasteiger partial charge in [-0.1, -0.05) is 25.8 Å². The van der Waals surface area contributed by atoms with Crippen molar-refractivity contribution in [2.45, 2.75) is 38.8 Å². The van der Waals surface area contributed by atoms with E-state index in [-0.39, 0.29) is 6.04 Å². The average Bonchev–Trinajstić information content (AvgIpc) is 2.71. The van der Waals surface area contributed by atoms with Crippen LogP contribution in [-0.4, -0.2) is 6.04 Å². The van der Waals surface area contributed by atoms with E-state index in [1.807, 2.05) is 6.07 Å². The number of nitrogens with zero attached hydrogens (tertiary/aromatic N) is 1. The van der Waals surface area contributed by atoms with Crippen LogP contribution < -0.4 is 5.32 Å². The Bertz CT molecular complexity index is 274. The van der Waals surface area contributed by atoms with Crippen molar-refractivity contribution >= 4 is 11.3 Å². The van der Waals surface area contributed by atoms with E-state index in [1.54, 1.807) is 11.3 Å². The summed E-state index contributed by atoms with van der Waals surface area (Å²) in [5.74, 6) is 0. The van der Waals surface area contributed by atoms with Gasteiger partial charge in [0.2, 0.25) is 0 Å². The second-order valence-electron chi connectivity index (χ2n) is 3.28. The first-order chi connectivity index (χ1) is 6.86. The van der Waals surface area contributed by atoms with Gasteiger partial charge >= 0.3 is 0 Å². The number of thiophene rings is 1. The van der Waals surface area contributed by atoms with Crippen LogP contribution in [0.3, 0.4) is 0 Å². The van der Waals surface area contributed by atoms with Crippen LogP contribution in [0.25, 0.3) is 0 Å². The Balaban J connectivity index is 2.25. The lowest BCUT2D eigenvalue weighted by Gasteiger charge is -2.09. The van der Waals surface area contributed by atoms with Crippen molar-refractivity contribution in [1.29, 1.82) is 5.26 Å². The molecular weight excluding hydrogens is 192 g/mol. The highest BCUT2D eigenvalue weighted by atomic mass is 32.1. The van der Waals surface area contributed by atoms with E-state index in [4.69, 9.17) is 5.26 Å². The van der Waals surface area contributed by atoms with Crippen molar-refractivity contribution < 1.29 is 0 Å². The fraction of sp³-hybridized carbons (Fsp3) is 0.545. The summed E-state index contributed by atoms with van der Waals surface area (Å²) >= 11 is 1.73. The van der Waals surface area contributed by atoms with Gasteiger partial charge in [0.05, 0.1) is 12.1 Å². The summed E-state index contributed by atoms with van der Waals surface area (Å²) in [6.45, 7) is 2.97. The van der Waals surface area contributed by atoms with Crippen LogP contribution in [0.5, 0.6) is 0 Å². The van der Waals surface area contributed by atoms with Gasteiger partial charge in [0.1, 0.15) is 0 Å². The summed E-state index contributed by atoms with van der Waals surface area (Å²) in [6, 6.07) is 6.43. The van der Waals surface area contributed by atoms with E-state index < -0.39 is 0 Å². The molecule has 0 fully saturated rings. The van der Waals surface area contributed by atoms with Crippen LogP contribution in [0.2, 0.25) is 0 Å². The van der Waals surface area contributed by atoms with E-state index in [0.29, 0.717) is 0 Å². The molecule has 14 heavy (non-hydrogen) atoms. The van der Waals surface area contributed by atoms with Crippen molar-refractivity contribution in [2.75, 3.05) is 0 Å². The molecule has 1 atom stereocenters. The van der Waals surface area contributed by atoms with Gasteiger partial charge in [-0.2, -0.15) is 5.26 Å². The maximum atomic E-state index is 8.87. The highest BCUT2D eigenvalue weighted by Crippen LogP contribution is 2.08. The topological polar surface area (TPSA) is 35.8 Å². The number of unbranched alkanes of at least 4 members (excludes halogenated alkanes) is 1. The molecular formula is C11H16N2S. The summed E-state index contributed by atoms with van der Waals surface area (Å²) in [5, 5.41) is 14.2. The van der Waals surface area contributed by atoms with E-state index in [1.165, 1.54) is 4.88 Å². The first kappa shape index (κ1) is 11.2. The summed E-state index contributed by atoms with van der Waals surface area (Å²) in [5.41, 5.74) is 0. The molecule has 1 rings (SSSR count). The minimum absolute atomic E-state index is 0.0112. The van der Waals surface area contributed by atoms with Crippen molar-refractivity contribution in [3.05, 3.63) is 22.4 Å². The molecule has 1 unspecified atom stereocenters. The van der Waals surface area contributed by atoms with Gasteiger partial charge in [-0.15, -0.1) is 11.3 Å². The minimum Gasteiger partial charge on any atom is -0.297 e. The monoisotopic (exact) mass is 208 g/mol. The summed E-state index contributed by atoms with van der Waals surface area (Å²) < 4.78 is 0. The Kier molecular flexibility index (Phi) is 5.28. The van der Waals surface area contributed by atoms with Crippen LogP contribution in [0.4, 0.5) is 0 Å². The van der Waals surface area contributed by atoms with Crippen molar-refractivity contribution in [1.82, 2.24) is 5.32 Å². The quantitative estimate of drug-likeness (QED) is 0.780. The molecule has 0 aliphatic rings. The fourth-order valence-electron chi connectivity index (χ4n) is 1.26. The molecule has 0 bridgehead atoms. The first-order valence-corrected chi connectivity index (χ1v) is 5.90. The third-order valence-electron chi connectivity index (χ3n) is 2.10. The summed E-state index contributed by atoms with van der Waals surface area (Å²) in [6.07, 6.45) is 3.23. The lowest BCUT2D eigenvalue weighted by molar-refractivity contribution is 0.543. The summed E-state index contributed by atoms with van der Waals surface area (Å²) in [4.78, 5) is 1.29. The molecule has 1 aromatic rings. The van der Waals surface area contributed by atoms with Gasteiger partial charge in [0.25, 0.3) is 0 Å². The number of hydrogen-bond donors (Lipinski definition) is 1. The minimum atomic E-state index is 0.0112. The maximum absolute atomic E-state index is 8.87. The number of nitriles is 1. The van der Waals surface area contributed by atoms with Gasteiger partial charge in [0.15, 0.2) is 0 Å². The third-order valence-corrected chi connectivity index (χ3v) is 2.98. The molecule has 76 valence electrons. The SMILES string of the molecule is CCCCC(C#N)NCc1cccs1. The van der Waals surface area contributed by atoms with Crippen molar-refractivity contribution in [2.24, 2.45) is 0 Å². The lowest BCUT2D eigenvalue weighted by Crippen LogP contribution is -2.26. The molecule has 2 nitrogen and oxygen atoms in total. The van der Waals surface area contributed by atoms with Crippen LogP contribution in [0.1, 0.15) is 31.1 Å². The Morgan fingerprint density at radius 1 is 1.64 bits per heavy atom. The van der Waals surface area contributed by atoms with Crippen LogP contribution in [0.15, 0.2) is 17.5 Å². The second kappa shape index (κ2) is 6.58. The Hall–Kier alpha value is -0.850. The average molecular weight is 208 g/mol. The normalized spacial score (nSPS) is 12.3. The van der Waals surface area contributed by atoms with Gasteiger partial charge in [0, 0.05) is 11.4 Å². The molecule has 0 radical (unpaired) electrons. The van der Waals surface area contributed by atoms with E-state index in [2.05, 4.69) is 29.8 Å². The Labute approximate surface area is 89.6 Å². The van der Waals surface area contributed by atoms with Crippen LogP contribution in [-0.2, 0) is 6.54 Å². The zero-order valence-electron chi connectivity index (χ0n) is 8.49. The predicted molar refractivity (Wildman–Crippen MR) is 60.1 cm³/mol. The molecule has 0 saturated carbocycles. The smallest absolute Gasteiger partial charge is 0.0955 e. The fourth-order valence-corrected chi connectivity index (χ4v) is 1.91. The first-order valence-electron chi connectivity index (χ1n) is 5.02. The second-order valence-corrected chi connectivity index (χ2v) is 4.32. The summed E-state index contributed by atoms with van der Waals surface area (Å²) in [7, 11) is 0. The van der Waals surface area contributed by atoms with E-state index >= 15 is 0 Å². The van der Waals surface area contributed by atoms with Crippen molar-refractivity contribution in [3.8, 4) is 6.07 Å². The van der Waals surface area contributed by atoms with E-state index in [9.17, 15) is 0 Å². The third kappa shape index (κ3) is 3.91. The molecule has 0 aliphatic heterocycles. The molecule has 1 N–H and O–H groups in total. The van der Waals surface area contributed by atoms with Gasteiger partial charge in [-0.25, -0.2) is 0 Å². The molecule has 0 spiro atoms. The van der Waals surface area contributed by atoms with Gasteiger partial charge < -0.3 is 0 Å². The predicted octanol–water partition coefficient (Wildman–Crippen LogP) is 2.92. The molecule has 3 heteroatoms.